The van der Waals surface area contributed by atoms with Crippen molar-refractivity contribution in [1.29, 1.82) is 0 Å². The SMILES string of the molecule is CC(C)(C)CC(C)(C)NC(=O)C(=O)Nc1ccc(N)c(Cl)c1. The molecule has 4 N–H and O–H groups in total. The molecule has 0 heterocycles. The Morgan fingerprint density at radius 1 is 1.14 bits per heavy atom. The van der Waals surface area contributed by atoms with Gasteiger partial charge in [-0.3, -0.25) is 9.59 Å². The van der Waals surface area contributed by atoms with Gasteiger partial charge >= 0.3 is 11.8 Å². The molecule has 0 aliphatic heterocycles. The average Bonchev–Trinajstić information content (AvgIpc) is 2.30. The van der Waals surface area contributed by atoms with E-state index >= 15 is 0 Å². The molecular weight excluding hydrogens is 302 g/mol. The molecule has 0 fully saturated rings. The van der Waals surface area contributed by atoms with Gasteiger partial charge in [0, 0.05) is 11.2 Å². The summed E-state index contributed by atoms with van der Waals surface area (Å²) in [5.41, 5.74) is 5.99. The van der Waals surface area contributed by atoms with E-state index in [1.54, 1.807) is 12.1 Å². The second kappa shape index (κ2) is 6.57. The predicted octanol–water partition coefficient (Wildman–Crippen LogP) is 3.19. The van der Waals surface area contributed by atoms with Crippen molar-refractivity contribution in [1.82, 2.24) is 5.32 Å². The summed E-state index contributed by atoms with van der Waals surface area (Å²) in [5, 5.41) is 5.58. The van der Waals surface area contributed by atoms with Gasteiger partial charge in [-0.15, -0.1) is 0 Å². The first-order valence-electron chi connectivity index (χ1n) is 7.08. The quantitative estimate of drug-likeness (QED) is 0.589. The van der Waals surface area contributed by atoms with Crippen molar-refractivity contribution in [3.63, 3.8) is 0 Å². The fraction of sp³-hybridized carbons (Fsp3) is 0.500. The maximum absolute atomic E-state index is 12.0. The molecule has 0 aliphatic carbocycles. The highest BCUT2D eigenvalue weighted by Gasteiger charge is 2.29. The van der Waals surface area contributed by atoms with E-state index in [0.717, 1.165) is 6.42 Å². The molecule has 0 atom stereocenters. The number of rotatable bonds is 3. The monoisotopic (exact) mass is 325 g/mol. The molecule has 1 rings (SSSR count). The molecule has 0 radical (unpaired) electrons. The van der Waals surface area contributed by atoms with E-state index in [1.807, 2.05) is 13.8 Å². The molecule has 0 aromatic heterocycles. The van der Waals surface area contributed by atoms with Gasteiger partial charge in [0.2, 0.25) is 0 Å². The summed E-state index contributed by atoms with van der Waals surface area (Å²) >= 11 is 5.88. The van der Waals surface area contributed by atoms with Crippen molar-refractivity contribution in [2.75, 3.05) is 11.1 Å². The molecule has 0 saturated carbocycles. The number of nitrogens with two attached hydrogens (primary N) is 1. The van der Waals surface area contributed by atoms with Crippen LogP contribution in [0.15, 0.2) is 18.2 Å². The van der Waals surface area contributed by atoms with E-state index < -0.39 is 17.4 Å². The van der Waals surface area contributed by atoms with E-state index in [2.05, 4.69) is 31.4 Å². The van der Waals surface area contributed by atoms with Gasteiger partial charge in [0.1, 0.15) is 0 Å². The van der Waals surface area contributed by atoms with Crippen LogP contribution in [0.2, 0.25) is 5.02 Å². The highest BCUT2D eigenvalue weighted by molar-refractivity contribution is 6.40. The highest BCUT2D eigenvalue weighted by Crippen LogP contribution is 2.27. The molecule has 0 bridgehead atoms. The Hall–Kier alpha value is -1.75. The maximum atomic E-state index is 12.0. The van der Waals surface area contributed by atoms with Gasteiger partial charge in [-0.2, -0.15) is 0 Å². The van der Waals surface area contributed by atoms with Crippen LogP contribution in [0.5, 0.6) is 0 Å². The molecule has 0 saturated heterocycles. The van der Waals surface area contributed by atoms with Gasteiger partial charge in [0.05, 0.1) is 10.7 Å². The van der Waals surface area contributed by atoms with Gasteiger partial charge < -0.3 is 16.4 Å². The van der Waals surface area contributed by atoms with Crippen molar-refractivity contribution in [3.8, 4) is 0 Å². The van der Waals surface area contributed by atoms with Crippen LogP contribution in [0.4, 0.5) is 11.4 Å². The summed E-state index contributed by atoms with van der Waals surface area (Å²) in [4.78, 5) is 24.0. The van der Waals surface area contributed by atoms with Crippen LogP contribution in [0.3, 0.4) is 0 Å². The van der Waals surface area contributed by atoms with Gasteiger partial charge in [0.25, 0.3) is 0 Å². The fourth-order valence-corrected chi connectivity index (χ4v) is 2.71. The van der Waals surface area contributed by atoms with E-state index in [9.17, 15) is 9.59 Å². The lowest BCUT2D eigenvalue weighted by Crippen LogP contribution is -2.49. The number of carbonyl (C=O) groups excluding carboxylic acids is 2. The summed E-state index contributed by atoms with van der Waals surface area (Å²) < 4.78 is 0. The lowest BCUT2D eigenvalue weighted by atomic mass is 9.82. The second-order valence-corrected chi connectivity index (χ2v) is 7.67. The van der Waals surface area contributed by atoms with Gasteiger partial charge in [-0.25, -0.2) is 0 Å². The predicted molar refractivity (Wildman–Crippen MR) is 90.8 cm³/mol. The van der Waals surface area contributed by atoms with Crippen molar-refractivity contribution in [3.05, 3.63) is 23.2 Å². The largest absolute Gasteiger partial charge is 0.398 e. The van der Waals surface area contributed by atoms with Crippen LogP contribution >= 0.6 is 11.6 Å². The second-order valence-electron chi connectivity index (χ2n) is 7.27. The Bertz CT molecular complexity index is 577. The molecule has 0 aliphatic rings. The Balaban J connectivity index is 2.69. The first-order chi connectivity index (χ1) is 9.89. The van der Waals surface area contributed by atoms with Gasteiger partial charge in [-0.05, 0) is 43.9 Å². The van der Waals surface area contributed by atoms with E-state index in [-0.39, 0.29) is 5.41 Å². The number of hydrogen-bond acceptors (Lipinski definition) is 3. The molecule has 1 aromatic rings. The van der Waals surface area contributed by atoms with Crippen LogP contribution in [-0.4, -0.2) is 17.4 Å². The summed E-state index contributed by atoms with van der Waals surface area (Å²) in [6.07, 6.45) is 0.743. The molecule has 22 heavy (non-hydrogen) atoms. The van der Waals surface area contributed by atoms with Crippen LogP contribution in [0.1, 0.15) is 41.0 Å². The zero-order valence-corrected chi connectivity index (χ0v) is 14.5. The van der Waals surface area contributed by atoms with Crippen LogP contribution in [0, 0.1) is 5.41 Å². The smallest absolute Gasteiger partial charge is 0.313 e. The Kier molecular flexibility index (Phi) is 5.46. The molecule has 122 valence electrons. The Morgan fingerprint density at radius 2 is 1.73 bits per heavy atom. The molecule has 5 nitrogen and oxygen atoms in total. The summed E-state index contributed by atoms with van der Waals surface area (Å²) in [5.74, 6) is -1.41. The summed E-state index contributed by atoms with van der Waals surface area (Å²) in [6, 6.07) is 4.66. The van der Waals surface area contributed by atoms with E-state index in [4.69, 9.17) is 17.3 Å². The van der Waals surface area contributed by atoms with Crippen molar-refractivity contribution >= 4 is 34.8 Å². The summed E-state index contributed by atoms with van der Waals surface area (Å²) in [6.45, 7) is 10.0. The minimum atomic E-state index is -0.733. The van der Waals surface area contributed by atoms with Crippen LogP contribution in [-0.2, 0) is 9.59 Å². The van der Waals surface area contributed by atoms with Gasteiger partial charge in [0.15, 0.2) is 0 Å². The first-order valence-corrected chi connectivity index (χ1v) is 7.46. The molecule has 2 amide bonds. The zero-order valence-electron chi connectivity index (χ0n) is 13.7. The molecular formula is C16H24ClN3O2. The minimum Gasteiger partial charge on any atom is -0.398 e. The molecule has 0 spiro atoms. The number of anilines is 2. The van der Waals surface area contributed by atoms with E-state index in [1.165, 1.54) is 6.07 Å². The number of carbonyl (C=O) groups is 2. The Labute approximate surface area is 136 Å². The lowest BCUT2D eigenvalue weighted by Gasteiger charge is -2.33. The van der Waals surface area contributed by atoms with Gasteiger partial charge in [-0.1, -0.05) is 32.4 Å². The number of amides is 2. The third-order valence-electron chi connectivity index (χ3n) is 2.89. The number of benzene rings is 1. The fourth-order valence-electron chi connectivity index (χ4n) is 2.53. The number of nitrogen functional groups attached to an aromatic ring is 1. The summed E-state index contributed by atoms with van der Waals surface area (Å²) in [7, 11) is 0. The molecule has 0 unspecified atom stereocenters. The number of hydrogen-bond donors (Lipinski definition) is 3. The highest BCUT2D eigenvalue weighted by atomic mass is 35.5. The lowest BCUT2D eigenvalue weighted by molar-refractivity contribution is -0.137. The van der Waals surface area contributed by atoms with Crippen LogP contribution in [0.25, 0.3) is 0 Å². The Morgan fingerprint density at radius 3 is 2.23 bits per heavy atom. The number of nitrogens with one attached hydrogen (secondary N) is 2. The molecule has 6 heteroatoms. The third kappa shape index (κ3) is 5.93. The normalized spacial score (nSPS) is 11.9. The van der Waals surface area contributed by atoms with E-state index in [0.29, 0.717) is 16.4 Å². The minimum absolute atomic E-state index is 0.0394. The maximum Gasteiger partial charge on any atom is 0.313 e. The van der Waals surface area contributed by atoms with Crippen molar-refractivity contribution in [2.45, 2.75) is 46.6 Å². The third-order valence-corrected chi connectivity index (χ3v) is 3.22. The average molecular weight is 326 g/mol. The first kappa shape index (κ1) is 18.3. The zero-order chi connectivity index (χ0) is 17.1. The topological polar surface area (TPSA) is 84.2 Å². The van der Waals surface area contributed by atoms with Crippen molar-refractivity contribution < 1.29 is 9.59 Å². The molecule has 1 aromatic carbocycles. The van der Waals surface area contributed by atoms with Crippen molar-refractivity contribution in [2.24, 2.45) is 5.41 Å². The standard InChI is InChI=1S/C16H24ClN3O2/c1-15(2,3)9-16(4,5)20-14(22)13(21)19-10-6-7-12(18)11(17)8-10/h6-8H,9,18H2,1-5H3,(H,19,21)(H,20,22). The number of halogens is 1. The van der Waals surface area contributed by atoms with Crippen LogP contribution < -0.4 is 16.4 Å².